The average Bonchev–Trinajstić information content (AvgIpc) is 2.98. The number of rotatable bonds is 3. The molecule has 0 aliphatic heterocycles. The molecule has 1 N–H and O–H groups in total. The number of carbonyl (C=O) groups excluding carboxylic acids is 1. The molecule has 1 aromatic carbocycles. The number of hydrogen-bond acceptors (Lipinski definition) is 5. The Bertz CT molecular complexity index is 1030. The summed E-state index contributed by atoms with van der Waals surface area (Å²) in [7, 11) is 1.70. The summed E-state index contributed by atoms with van der Waals surface area (Å²) in [5, 5.41) is 7.62. The lowest BCUT2D eigenvalue weighted by Gasteiger charge is -2.19. The number of ether oxygens (including phenoxy) is 1. The van der Waals surface area contributed by atoms with Gasteiger partial charge in [-0.15, -0.1) is 0 Å². The van der Waals surface area contributed by atoms with Crippen molar-refractivity contribution >= 4 is 17.0 Å². The Hall–Kier alpha value is -2.87. The molecule has 0 amide bonds. The minimum absolute atomic E-state index is 0.130. The summed E-state index contributed by atoms with van der Waals surface area (Å²) in [5.41, 5.74) is 0.658. The molecule has 0 spiro atoms. The van der Waals surface area contributed by atoms with Crippen LogP contribution in [0.15, 0.2) is 24.4 Å². The third kappa shape index (κ3) is 4.99. The molecule has 0 atom stereocenters. The van der Waals surface area contributed by atoms with Crippen LogP contribution in [0.3, 0.4) is 0 Å². The summed E-state index contributed by atoms with van der Waals surface area (Å²) in [5.74, 6) is -1.40. The van der Waals surface area contributed by atoms with Crippen molar-refractivity contribution in [2.24, 2.45) is 0 Å². The molecule has 6 nitrogen and oxygen atoms in total. The van der Waals surface area contributed by atoms with Gasteiger partial charge in [0.25, 0.3) is 0 Å². The largest absolute Gasteiger partial charge is 0.442 e. The minimum atomic E-state index is -0.700. The Morgan fingerprint density at radius 3 is 2.30 bits per heavy atom. The third-order valence-electron chi connectivity index (χ3n) is 4.06. The second kappa shape index (κ2) is 9.30. The Balaban J connectivity index is 0.00000155. The number of aryl methyl sites for hydroxylation is 1. The van der Waals surface area contributed by atoms with E-state index < -0.39 is 23.3 Å². The van der Waals surface area contributed by atoms with Crippen LogP contribution in [0.2, 0.25) is 0 Å². The molecule has 8 heteroatoms. The van der Waals surface area contributed by atoms with Crippen LogP contribution in [0.25, 0.3) is 22.2 Å². The molecular weight excluding hydrogens is 390 g/mol. The molecule has 3 rings (SSSR count). The number of carbonyl (C=O) groups is 1. The standard InChI is InChI=1S/C20H22F2N4O2.C2H6/c1-11-13-8-16(18-14(21)6-12(9-23-5)7-15(18)22)24-10-17(13)26(25-11)19(27)28-20(2,3)4;1-2/h6-8,10,23H,9H2,1-5H3;1-2H3. The zero-order valence-electron chi connectivity index (χ0n) is 18.4. The van der Waals surface area contributed by atoms with Gasteiger partial charge in [-0.3, -0.25) is 4.98 Å². The van der Waals surface area contributed by atoms with E-state index in [1.807, 2.05) is 13.8 Å². The maximum atomic E-state index is 14.5. The van der Waals surface area contributed by atoms with Gasteiger partial charge in [0.15, 0.2) is 0 Å². The molecule has 3 aromatic rings. The van der Waals surface area contributed by atoms with Crippen LogP contribution in [-0.4, -0.2) is 33.5 Å². The van der Waals surface area contributed by atoms with E-state index in [4.69, 9.17) is 4.74 Å². The van der Waals surface area contributed by atoms with Crippen molar-refractivity contribution in [1.29, 1.82) is 0 Å². The fourth-order valence-electron chi connectivity index (χ4n) is 2.92. The Kier molecular flexibility index (Phi) is 7.25. The zero-order valence-corrected chi connectivity index (χ0v) is 18.4. The summed E-state index contributed by atoms with van der Waals surface area (Å²) in [6.07, 6.45) is 0.726. The van der Waals surface area contributed by atoms with Gasteiger partial charge in [0.1, 0.15) is 17.2 Å². The first kappa shape index (κ1) is 23.4. The topological polar surface area (TPSA) is 69.0 Å². The molecule has 0 fully saturated rings. The zero-order chi connectivity index (χ0) is 22.6. The smallest absolute Gasteiger partial charge is 0.435 e. The summed E-state index contributed by atoms with van der Waals surface area (Å²) in [6.45, 7) is 11.3. The highest BCUT2D eigenvalue weighted by Gasteiger charge is 2.23. The fraction of sp³-hybridized carbons (Fsp3) is 0.409. The highest BCUT2D eigenvalue weighted by atomic mass is 19.1. The van der Waals surface area contributed by atoms with Crippen LogP contribution in [0.1, 0.15) is 45.9 Å². The van der Waals surface area contributed by atoms with Gasteiger partial charge in [-0.2, -0.15) is 9.78 Å². The van der Waals surface area contributed by atoms with Gasteiger partial charge in [-0.1, -0.05) is 13.8 Å². The number of nitrogens with one attached hydrogen (secondary N) is 1. The van der Waals surface area contributed by atoms with Crippen molar-refractivity contribution in [3.05, 3.63) is 47.3 Å². The maximum Gasteiger partial charge on any atom is 0.435 e. The number of benzene rings is 1. The predicted octanol–water partition coefficient (Wildman–Crippen LogP) is 5.21. The van der Waals surface area contributed by atoms with Gasteiger partial charge in [-0.05, 0) is 58.5 Å². The van der Waals surface area contributed by atoms with Crippen LogP contribution >= 0.6 is 0 Å². The van der Waals surface area contributed by atoms with Crippen molar-refractivity contribution in [2.75, 3.05) is 7.05 Å². The maximum absolute atomic E-state index is 14.5. The summed E-state index contributed by atoms with van der Waals surface area (Å²) >= 11 is 0. The lowest BCUT2D eigenvalue weighted by Crippen LogP contribution is -2.27. The monoisotopic (exact) mass is 418 g/mol. The number of fused-ring (bicyclic) bond motifs is 1. The number of pyridine rings is 1. The highest BCUT2D eigenvalue weighted by Crippen LogP contribution is 2.29. The average molecular weight is 418 g/mol. The van der Waals surface area contributed by atoms with Crippen molar-refractivity contribution in [3.63, 3.8) is 0 Å². The first-order chi connectivity index (χ1) is 14.1. The Morgan fingerprint density at radius 1 is 1.17 bits per heavy atom. The molecule has 2 heterocycles. The van der Waals surface area contributed by atoms with E-state index in [1.165, 1.54) is 24.4 Å². The van der Waals surface area contributed by atoms with Gasteiger partial charge in [0, 0.05) is 11.9 Å². The van der Waals surface area contributed by atoms with E-state index in [0.717, 1.165) is 4.68 Å². The first-order valence-electron chi connectivity index (χ1n) is 9.82. The van der Waals surface area contributed by atoms with Crippen molar-refractivity contribution in [3.8, 4) is 11.3 Å². The first-order valence-corrected chi connectivity index (χ1v) is 9.82. The summed E-state index contributed by atoms with van der Waals surface area (Å²) in [6, 6.07) is 4.08. The van der Waals surface area contributed by atoms with Gasteiger partial charge < -0.3 is 10.1 Å². The molecule has 0 aliphatic rings. The second-order valence-corrected chi connectivity index (χ2v) is 7.53. The minimum Gasteiger partial charge on any atom is -0.442 e. The van der Waals surface area contributed by atoms with Gasteiger partial charge in [0.05, 0.1) is 28.7 Å². The van der Waals surface area contributed by atoms with Gasteiger partial charge in [0.2, 0.25) is 0 Å². The highest BCUT2D eigenvalue weighted by molar-refractivity contribution is 5.91. The van der Waals surface area contributed by atoms with E-state index in [0.29, 0.717) is 28.7 Å². The van der Waals surface area contributed by atoms with Crippen LogP contribution in [0, 0.1) is 18.6 Å². The second-order valence-electron chi connectivity index (χ2n) is 7.53. The van der Waals surface area contributed by atoms with Crippen LogP contribution in [-0.2, 0) is 11.3 Å². The molecule has 0 radical (unpaired) electrons. The van der Waals surface area contributed by atoms with E-state index in [2.05, 4.69) is 15.4 Å². The normalized spacial score (nSPS) is 11.2. The number of halogens is 2. The van der Waals surface area contributed by atoms with E-state index >= 15 is 0 Å². The van der Waals surface area contributed by atoms with Crippen LogP contribution in [0.4, 0.5) is 13.6 Å². The lowest BCUT2D eigenvalue weighted by molar-refractivity contribution is 0.0522. The number of nitrogens with zero attached hydrogens (tertiary/aromatic N) is 3. The van der Waals surface area contributed by atoms with E-state index in [9.17, 15) is 13.6 Å². The molecule has 0 aliphatic carbocycles. The van der Waals surface area contributed by atoms with Crippen LogP contribution < -0.4 is 5.32 Å². The predicted molar refractivity (Wildman–Crippen MR) is 113 cm³/mol. The van der Waals surface area contributed by atoms with Gasteiger partial charge >= 0.3 is 6.09 Å². The van der Waals surface area contributed by atoms with Crippen molar-refractivity contribution < 1.29 is 18.3 Å². The SMILES string of the molecule is CC.CNCc1cc(F)c(-c2cc3c(C)nn(C(=O)OC(C)(C)C)c3cn2)c(F)c1. The molecule has 0 saturated carbocycles. The third-order valence-corrected chi connectivity index (χ3v) is 4.06. The van der Waals surface area contributed by atoms with E-state index in [1.54, 1.807) is 34.7 Å². The van der Waals surface area contributed by atoms with E-state index in [-0.39, 0.29) is 11.3 Å². The molecule has 0 unspecified atom stereocenters. The fourth-order valence-corrected chi connectivity index (χ4v) is 2.92. The molecule has 2 aromatic heterocycles. The quantitative estimate of drug-likeness (QED) is 0.632. The summed E-state index contributed by atoms with van der Waals surface area (Å²) < 4.78 is 35.5. The number of hydrogen-bond donors (Lipinski definition) is 1. The van der Waals surface area contributed by atoms with Crippen molar-refractivity contribution in [2.45, 2.75) is 53.7 Å². The Morgan fingerprint density at radius 2 is 1.77 bits per heavy atom. The number of aromatic nitrogens is 3. The molecule has 0 saturated heterocycles. The lowest BCUT2D eigenvalue weighted by atomic mass is 10.0. The molecule has 30 heavy (non-hydrogen) atoms. The summed E-state index contributed by atoms with van der Waals surface area (Å²) in [4.78, 5) is 16.5. The molecule has 162 valence electrons. The molecular formula is C22H28F2N4O2. The van der Waals surface area contributed by atoms with Crippen LogP contribution in [0.5, 0.6) is 0 Å². The van der Waals surface area contributed by atoms with Crippen molar-refractivity contribution in [1.82, 2.24) is 20.1 Å². The van der Waals surface area contributed by atoms with Gasteiger partial charge in [-0.25, -0.2) is 13.6 Å². The Labute approximate surface area is 175 Å². The molecule has 0 bridgehead atoms.